The van der Waals surface area contributed by atoms with E-state index in [0.29, 0.717) is 17.9 Å². The largest absolute Gasteiger partial charge is 0.504 e. The normalized spacial score (nSPS) is 25.6. The average Bonchev–Trinajstić information content (AvgIpc) is 2.84. The fraction of sp³-hybridized carbons (Fsp3) is 0.500. The number of hydrogen-bond acceptors (Lipinski definition) is 9. The fourth-order valence-electron chi connectivity index (χ4n) is 4.22. The lowest BCUT2D eigenvalue weighted by Gasteiger charge is -2.38. The lowest BCUT2D eigenvalue weighted by atomic mass is 9.85. The Bertz CT molecular complexity index is 1040. The minimum absolute atomic E-state index is 0.0988. The Morgan fingerprint density at radius 3 is 1.94 bits per heavy atom. The third-order valence-electron chi connectivity index (χ3n) is 6.61. The van der Waals surface area contributed by atoms with E-state index in [9.17, 15) is 30.3 Å². The molecule has 3 rings (SSSR count). The summed E-state index contributed by atoms with van der Waals surface area (Å²) in [5.41, 5.74) is 1.90. The molecule has 198 valence electrons. The molecule has 7 atom stereocenters. The maximum atomic E-state index is 11.4. The number of hydrogen-bond donors (Lipinski definition) is 5. The Morgan fingerprint density at radius 1 is 0.861 bits per heavy atom. The number of carbonyl (C=O) groups is 1. The van der Waals surface area contributed by atoms with Gasteiger partial charge in [-0.2, -0.15) is 0 Å². The second-order valence-corrected chi connectivity index (χ2v) is 9.21. The van der Waals surface area contributed by atoms with Crippen LogP contribution < -0.4 is 14.2 Å². The highest BCUT2D eigenvalue weighted by atomic mass is 16.7. The van der Waals surface area contributed by atoms with Gasteiger partial charge >= 0.3 is 5.97 Å². The monoisotopic (exact) mass is 506 g/mol. The summed E-state index contributed by atoms with van der Waals surface area (Å²) in [7, 11) is 2.94. The highest BCUT2D eigenvalue weighted by Gasteiger charge is 2.48. The molecule has 0 aromatic heterocycles. The maximum Gasteiger partial charge on any atom is 0.335 e. The predicted molar refractivity (Wildman–Crippen MR) is 128 cm³/mol. The van der Waals surface area contributed by atoms with Crippen LogP contribution in [-0.2, 0) is 22.4 Å². The number of aliphatic hydroxyl groups excluding tert-OH is 3. The van der Waals surface area contributed by atoms with Crippen molar-refractivity contribution in [3.63, 3.8) is 0 Å². The number of ether oxygens (including phenoxy) is 4. The second-order valence-electron chi connectivity index (χ2n) is 9.21. The molecule has 2 aromatic rings. The molecule has 0 bridgehead atoms. The van der Waals surface area contributed by atoms with Gasteiger partial charge in [-0.05, 0) is 60.1 Å². The lowest BCUT2D eigenvalue weighted by molar-refractivity contribution is -0.271. The van der Waals surface area contributed by atoms with Crippen LogP contribution in [0.1, 0.15) is 25.0 Å². The maximum absolute atomic E-state index is 11.4. The molecule has 10 nitrogen and oxygen atoms in total. The van der Waals surface area contributed by atoms with E-state index in [1.54, 1.807) is 24.3 Å². The van der Waals surface area contributed by atoms with E-state index < -0.39 is 36.7 Å². The molecule has 0 amide bonds. The number of aliphatic hydroxyl groups is 3. The number of phenolic OH excluding ortho intramolecular Hbond substituents is 1. The van der Waals surface area contributed by atoms with E-state index in [1.165, 1.54) is 14.2 Å². The van der Waals surface area contributed by atoms with Crippen LogP contribution in [0.25, 0.3) is 0 Å². The molecule has 0 unspecified atom stereocenters. The van der Waals surface area contributed by atoms with E-state index in [4.69, 9.17) is 18.9 Å². The Kier molecular flexibility index (Phi) is 9.02. The van der Waals surface area contributed by atoms with Gasteiger partial charge in [-0.15, -0.1) is 0 Å². The first-order valence-electron chi connectivity index (χ1n) is 11.7. The van der Waals surface area contributed by atoms with E-state index in [1.807, 2.05) is 12.1 Å². The first-order chi connectivity index (χ1) is 17.0. The molecule has 1 saturated heterocycles. The molecule has 1 aliphatic heterocycles. The van der Waals surface area contributed by atoms with Gasteiger partial charge in [-0.25, -0.2) is 4.79 Å². The fourth-order valence-corrected chi connectivity index (χ4v) is 4.22. The van der Waals surface area contributed by atoms with Gasteiger partial charge in [-0.3, -0.25) is 0 Å². The molecular weight excluding hydrogens is 472 g/mol. The van der Waals surface area contributed by atoms with Crippen LogP contribution in [0.4, 0.5) is 0 Å². The SMILES string of the molecule is COc1ccc(C[C@H](C)[C@H](C)Cc2ccc(OC)c(O[C@@H]3O[C@H](C(=O)O)[C@@H](O)[C@H](O)[C@H]3O)c2)cc1O. The van der Waals surface area contributed by atoms with Crippen molar-refractivity contribution in [3.05, 3.63) is 47.5 Å². The first kappa shape index (κ1) is 27.5. The third kappa shape index (κ3) is 6.19. The van der Waals surface area contributed by atoms with Crippen molar-refractivity contribution >= 4 is 5.97 Å². The highest BCUT2D eigenvalue weighted by molar-refractivity contribution is 5.73. The molecule has 1 aliphatic rings. The minimum atomic E-state index is -1.81. The van der Waals surface area contributed by atoms with Crippen LogP contribution in [-0.4, -0.2) is 76.4 Å². The number of carboxylic acid groups (broad SMARTS) is 1. The molecule has 36 heavy (non-hydrogen) atoms. The number of methoxy groups -OCH3 is 2. The minimum Gasteiger partial charge on any atom is -0.504 e. The average molecular weight is 507 g/mol. The highest BCUT2D eigenvalue weighted by Crippen LogP contribution is 2.34. The summed E-state index contributed by atoms with van der Waals surface area (Å²) in [5, 5.41) is 49.6. The van der Waals surface area contributed by atoms with E-state index in [2.05, 4.69) is 13.8 Å². The quantitative estimate of drug-likeness (QED) is 0.322. The summed E-state index contributed by atoms with van der Waals surface area (Å²) in [6.07, 6.45) is -7.12. The summed E-state index contributed by atoms with van der Waals surface area (Å²) in [4.78, 5) is 11.4. The predicted octanol–water partition coefficient (Wildman–Crippen LogP) is 1.74. The molecule has 10 heteroatoms. The number of carboxylic acids is 1. The van der Waals surface area contributed by atoms with E-state index >= 15 is 0 Å². The van der Waals surface area contributed by atoms with Crippen molar-refractivity contribution in [2.45, 2.75) is 57.4 Å². The van der Waals surface area contributed by atoms with Crippen molar-refractivity contribution < 1.29 is 49.3 Å². The summed E-state index contributed by atoms with van der Waals surface area (Å²) < 4.78 is 21.4. The topological polar surface area (TPSA) is 155 Å². The van der Waals surface area contributed by atoms with Crippen LogP contribution in [0, 0.1) is 11.8 Å². The van der Waals surface area contributed by atoms with E-state index in [-0.39, 0.29) is 23.3 Å². The lowest BCUT2D eigenvalue weighted by Crippen LogP contribution is -2.61. The molecule has 1 heterocycles. The van der Waals surface area contributed by atoms with Crippen molar-refractivity contribution in [1.82, 2.24) is 0 Å². The first-order valence-corrected chi connectivity index (χ1v) is 11.7. The zero-order valence-electron chi connectivity index (χ0n) is 20.7. The van der Waals surface area contributed by atoms with Gasteiger partial charge in [0.05, 0.1) is 14.2 Å². The summed E-state index contributed by atoms with van der Waals surface area (Å²) in [5.74, 6) is 0.0654. The molecule has 0 aliphatic carbocycles. The van der Waals surface area contributed by atoms with Crippen LogP contribution in [0.15, 0.2) is 36.4 Å². The Morgan fingerprint density at radius 2 is 1.42 bits per heavy atom. The zero-order chi connectivity index (χ0) is 26.6. The van der Waals surface area contributed by atoms with Crippen LogP contribution >= 0.6 is 0 Å². The number of aromatic hydroxyl groups is 1. The van der Waals surface area contributed by atoms with Crippen LogP contribution in [0.3, 0.4) is 0 Å². The molecule has 2 aromatic carbocycles. The second kappa shape index (κ2) is 11.8. The van der Waals surface area contributed by atoms with Gasteiger partial charge in [0.15, 0.2) is 29.1 Å². The van der Waals surface area contributed by atoms with Gasteiger partial charge < -0.3 is 44.5 Å². The van der Waals surface area contributed by atoms with Crippen molar-refractivity contribution in [1.29, 1.82) is 0 Å². The van der Waals surface area contributed by atoms with Gasteiger partial charge in [0.2, 0.25) is 6.29 Å². The Balaban J connectivity index is 1.72. The molecule has 0 radical (unpaired) electrons. The van der Waals surface area contributed by atoms with Crippen molar-refractivity contribution in [2.24, 2.45) is 11.8 Å². The number of phenols is 1. The number of aliphatic carboxylic acids is 1. The molecule has 1 fully saturated rings. The number of rotatable bonds is 10. The Labute approximate surface area is 209 Å². The zero-order valence-corrected chi connectivity index (χ0v) is 20.7. The smallest absolute Gasteiger partial charge is 0.335 e. The van der Waals surface area contributed by atoms with Crippen molar-refractivity contribution in [3.8, 4) is 23.0 Å². The standard InChI is InChI=1S/C26H34O10/c1-13(9-15-5-7-18(33-3)17(27)11-15)14(2)10-16-6-8-19(34-4)20(12-16)35-26-23(30)21(28)22(29)24(36-26)25(31)32/h5-8,11-14,21-24,26-30H,9-10H2,1-4H3,(H,31,32)/t13-,14+,21-,22-,23+,24-,26+/m0/s1. The van der Waals surface area contributed by atoms with Gasteiger partial charge in [0, 0.05) is 0 Å². The Hall–Kier alpha value is -3.05. The summed E-state index contributed by atoms with van der Waals surface area (Å²) >= 11 is 0. The molecule has 0 saturated carbocycles. The molecule has 5 N–H and O–H groups in total. The molecular formula is C26H34O10. The summed E-state index contributed by atoms with van der Waals surface area (Å²) in [6, 6.07) is 10.6. The van der Waals surface area contributed by atoms with Gasteiger partial charge in [0.25, 0.3) is 0 Å². The van der Waals surface area contributed by atoms with Crippen LogP contribution in [0.2, 0.25) is 0 Å². The van der Waals surface area contributed by atoms with E-state index in [0.717, 1.165) is 17.5 Å². The van der Waals surface area contributed by atoms with Crippen molar-refractivity contribution in [2.75, 3.05) is 14.2 Å². The molecule has 0 spiro atoms. The number of benzene rings is 2. The van der Waals surface area contributed by atoms with Crippen LogP contribution in [0.5, 0.6) is 23.0 Å². The third-order valence-corrected chi connectivity index (χ3v) is 6.61. The van der Waals surface area contributed by atoms with Gasteiger partial charge in [-0.1, -0.05) is 26.0 Å². The summed E-state index contributed by atoms with van der Waals surface area (Å²) in [6.45, 7) is 4.24. The van der Waals surface area contributed by atoms with Gasteiger partial charge in [0.1, 0.15) is 18.3 Å².